The average molecular weight is 257 g/mol. The molecule has 0 aliphatic carbocycles. The predicted molar refractivity (Wildman–Crippen MR) is 60.7 cm³/mol. The van der Waals surface area contributed by atoms with E-state index in [0.29, 0.717) is 29.6 Å². The largest absolute Gasteiger partial charge is 0.494 e. The summed E-state index contributed by atoms with van der Waals surface area (Å²) in [4.78, 5) is 0. The Kier molecular flexibility index (Phi) is 3.58. The number of rotatable bonds is 4. The average Bonchev–Trinajstić information content (AvgIpc) is 2.79. The van der Waals surface area contributed by atoms with Gasteiger partial charge in [-0.15, -0.1) is 21.8 Å². The van der Waals surface area contributed by atoms with Crippen LogP contribution in [0.3, 0.4) is 0 Å². The first-order chi connectivity index (χ1) is 8.24. The number of aromatic nitrogens is 2. The van der Waals surface area contributed by atoms with Crippen molar-refractivity contribution in [3.05, 3.63) is 29.9 Å². The third-order valence-corrected chi connectivity index (χ3v) is 2.36. The van der Waals surface area contributed by atoms with Crippen LogP contribution in [-0.2, 0) is 6.42 Å². The normalized spacial score (nSPS) is 10.5. The molecule has 0 spiro atoms. The summed E-state index contributed by atoms with van der Waals surface area (Å²) in [7, 11) is 1.40. The number of aryl methyl sites for hydroxylation is 1. The minimum atomic E-state index is -0.434. The molecule has 1 heterocycles. The van der Waals surface area contributed by atoms with Gasteiger partial charge in [-0.25, -0.2) is 4.39 Å². The predicted octanol–water partition coefficient (Wildman–Crippen LogP) is 2.67. The van der Waals surface area contributed by atoms with Crippen LogP contribution in [0, 0.1) is 5.82 Å². The van der Waals surface area contributed by atoms with E-state index in [1.165, 1.54) is 19.2 Å². The summed E-state index contributed by atoms with van der Waals surface area (Å²) >= 11 is 5.56. The molecular formula is C11H10ClFN2O2. The van der Waals surface area contributed by atoms with Crippen molar-refractivity contribution < 1.29 is 13.5 Å². The van der Waals surface area contributed by atoms with Gasteiger partial charge >= 0.3 is 0 Å². The van der Waals surface area contributed by atoms with E-state index >= 15 is 0 Å². The molecule has 90 valence electrons. The summed E-state index contributed by atoms with van der Waals surface area (Å²) in [5, 5.41) is 7.68. The van der Waals surface area contributed by atoms with Gasteiger partial charge in [-0.1, -0.05) is 0 Å². The lowest BCUT2D eigenvalue weighted by Gasteiger charge is -2.02. The number of alkyl halides is 1. The highest BCUT2D eigenvalue weighted by Crippen LogP contribution is 2.25. The van der Waals surface area contributed by atoms with E-state index in [4.69, 9.17) is 20.8 Å². The Balaban J connectivity index is 2.32. The van der Waals surface area contributed by atoms with E-state index in [1.54, 1.807) is 6.07 Å². The van der Waals surface area contributed by atoms with Crippen LogP contribution in [0.25, 0.3) is 11.5 Å². The molecule has 1 aromatic heterocycles. The Morgan fingerprint density at radius 1 is 1.41 bits per heavy atom. The maximum atomic E-state index is 13.2. The van der Waals surface area contributed by atoms with Crippen molar-refractivity contribution in [2.75, 3.05) is 13.0 Å². The lowest BCUT2D eigenvalue weighted by Crippen LogP contribution is -1.88. The lowest BCUT2D eigenvalue weighted by atomic mass is 10.2. The van der Waals surface area contributed by atoms with Crippen LogP contribution in [0.2, 0.25) is 0 Å². The molecule has 0 aliphatic heterocycles. The van der Waals surface area contributed by atoms with Gasteiger partial charge in [-0.2, -0.15) is 0 Å². The lowest BCUT2D eigenvalue weighted by molar-refractivity contribution is 0.386. The minimum absolute atomic E-state index is 0.139. The molecule has 0 saturated carbocycles. The van der Waals surface area contributed by atoms with Gasteiger partial charge in [0.15, 0.2) is 11.6 Å². The van der Waals surface area contributed by atoms with Gasteiger partial charge in [-0.3, -0.25) is 0 Å². The monoisotopic (exact) mass is 256 g/mol. The molecule has 0 N–H and O–H groups in total. The number of ether oxygens (including phenoxy) is 1. The van der Waals surface area contributed by atoms with Gasteiger partial charge in [0, 0.05) is 17.9 Å². The minimum Gasteiger partial charge on any atom is -0.494 e. The zero-order valence-electron chi connectivity index (χ0n) is 9.11. The number of halogens is 2. The summed E-state index contributed by atoms with van der Waals surface area (Å²) < 4.78 is 23.4. The SMILES string of the molecule is COc1cc(-c2nnc(CCCl)o2)ccc1F. The molecule has 2 rings (SSSR count). The summed E-state index contributed by atoms with van der Waals surface area (Å²) in [5.74, 6) is 0.895. The van der Waals surface area contributed by atoms with E-state index in [1.807, 2.05) is 0 Å². The molecule has 0 fully saturated rings. The maximum absolute atomic E-state index is 13.2. The Morgan fingerprint density at radius 2 is 2.24 bits per heavy atom. The Labute approximate surface area is 102 Å². The molecule has 2 aromatic rings. The molecule has 0 unspecified atom stereocenters. The zero-order chi connectivity index (χ0) is 12.3. The van der Waals surface area contributed by atoms with Gasteiger partial charge in [0.25, 0.3) is 0 Å². The highest BCUT2D eigenvalue weighted by Gasteiger charge is 2.11. The van der Waals surface area contributed by atoms with Crippen molar-refractivity contribution in [2.45, 2.75) is 6.42 Å². The van der Waals surface area contributed by atoms with Crippen molar-refractivity contribution in [3.8, 4) is 17.2 Å². The van der Waals surface area contributed by atoms with E-state index < -0.39 is 5.82 Å². The van der Waals surface area contributed by atoms with Crippen LogP contribution < -0.4 is 4.74 Å². The van der Waals surface area contributed by atoms with Gasteiger partial charge in [0.05, 0.1) is 7.11 Å². The molecule has 0 bridgehead atoms. The van der Waals surface area contributed by atoms with Gasteiger partial charge in [0.1, 0.15) is 0 Å². The third-order valence-electron chi connectivity index (χ3n) is 2.17. The van der Waals surface area contributed by atoms with Crippen molar-refractivity contribution in [3.63, 3.8) is 0 Å². The number of benzene rings is 1. The first-order valence-electron chi connectivity index (χ1n) is 4.97. The third kappa shape index (κ3) is 2.55. The Bertz CT molecular complexity index is 516. The van der Waals surface area contributed by atoms with Gasteiger partial charge in [0.2, 0.25) is 11.8 Å². The molecular weight excluding hydrogens is 247 g/mol. The molecule has 0 atom stereocenters. The van der Waals surface area contributed by atoms with Gasteiger partial charge < -0.3 is 9.15 Å². The first kappa shape index (κ1) is 11.9. The van der Waals surface area contributed by atoms with E-state index in [0.717, 1.165) is 0 Å². The van der Waals surface area contributed by atoms with Crippen LogP contribution in [0.1, 0.15) is 5.89 Å². The number of methoxy groups -OCH3 is 1. The highest BCUT2D eigenvalue weighted by atomic mass is 35.5. The number of hydrogen-bond donors (Lipinski definition) is 0. The van der Waals surface area contributed by atoms with Crippen molar-refractivity contribution in [1.82, 2.24) is 10.2 Å². The standard InChI is InChI=1S/C11H10ClFN2O2/c1-16-9-6-7(2-3-8(9)13)11-15-14-10(17-11)4-5-12/h2-3,6H,4-5H2,1H3. The molecule has 6 heteroatoms. The van der Waals surface area contributed by atoms with Crippen molar-refractivity contribution in [2.24, 2.45) is 0 Å². The fourth-order valence-electron chi connectivity index (χ4n) is 1.34. The fraction of sp³-hybridized carbons (Fsp3) is 0.273. The molecule has 17 heavy (non-hydrogen) atoms. The Morgan fingerprint density at radius 3 is 2.94 bits per heavy atom. The van der Waals surface area contributed by atoms with Crippen LogP contribution >= 0.6 is 11.6 Å². The summed E-state index contributed by atoms with van der Waals surface area (Å²) in [6.45, 7) is 0. The van der Waals surface area contributed by atoms with Crippen LogP contribution in [-0.4, -0.2) is 23.2 Å². The molecule has 0 radical (unpaired) electrons. The fourth-order valence-corrected chi connectivity index (χ4v) is 1.51. The van der Waals surface area contributed by atoms with Crippen molar-refractivity contribution in [1.29, 1.82) is 0 Å². The zero-order valence-corrected chi connectivity index (χ0v) is 9.87. The Hall–Kier alpha value is -1.62. The highest BCUT2D eigenvalue weighted by molar-refractivity contribution is 6.17. The second-order valence-corrected chi connectivity index (χ2v) is 3.67. The van der Waals surface area contributed by atoms with Crippen LogP contribution in [0.4, 0.5) is 4.39 Å². The summed E-state index contributed by atoms with van der Waals surface area (Å²) in [6, 6.07) is 4.35. The van der Waals surface area contributed by atoms with Crippen LogP contribution in [0.5, 0.6) is 5.75 Å². The number of hydrogen-bond acceptors (Lipinski definition) is 4. The maximum Gasteiger partial charge on any atom is 0.247 e. The summed E-state index contributed by atoms with van der Waals surface area (Å²) in [6.07, 6.45) is 0.507. The van der Waals surface area contributed by atoms with Crippen molar-refractivity contribution >= 4 is 11.6 Å². The van der Waals surface area contributed by atoms with E-state index in [2.05, 4.69) is 10.2 Å². The quantitative estimate of drug-likeness (QED) is 0.789. The second-order valence-electron chi connectivity index (χ2n) is 3.29. The van der Waals surface area contributed by atoms with E-state index in [-0.39, 0.29) is 5.75 Å². The first-order valence-corrected chi connectivity index (χ1v) is 5.50. The molecule has 0 saturated heterocycles. The summed E-state index contributed by atoms with van der Waals surface area (Å²) in [5.41, 5.74) is 0.608. The second kappa shape index (κ2) is 5.14. The smallest absolute Gasteiger partial charge is 0.247 e. The molecule has 0 amide bonds. The van der Waals surface area contributed by atoms with Crippen LogP contribution in [0.15, 0.2) is 22.6 Å². The number of nitrogens with zero attached hydrogens (tertiary/aromatic N) is 2. The topological polar surface area (TPSA) is 48.2 Å². The molecule has 4 nitrogen and oxygen atoms in total. The molecule has 1 aromatic carbocycles. The van der Waals surface area contributed by atoms with E-state index in [9.17, 15) is 4.39 Å². The van der Waals surface area contributed by atoms with Gasteiger partial charge in [-0.05, 0) is 18.2 Å². The molecule has 0 aliphatic rings.